The maximum absolute atomic E-state index is 14.1. The van der Waals surface area contributed by atoms with Crippen LogP contribution in [0.25, 0.3) is 5.69 Å². The first kappa shape index (κ1) is 19.3. The van der Waals surface area contributed by atoms with Crippen LogP contribution in [0.1, 0.15) is 37.4 Å². The van der Waals surface area contributed by atoms with Crippen molar-refractivity contribution in [2.75, 3.05) is 16.5 Å². The number of anilines is 2. The molecule has 1 saturated heterocycles. The van der Waals surface area contributed by atoms with Crippen LogP contribution in [0, 0.1) is 12.3 Å². The monoisotopic (exact) mass is 425 g/mol. The molecule has 1 fully saturated rings. The van der Waals surface area contributed by atoms with E-state index in [9.17, 15) is 4.79 Å². The number of benzene rings is 2. The Balaban J connectivity index is 1.51. The van der Waals surface area contributed by atoms with Gasteiger partial charge in [0.25, 0.3) is 5.91 Å². The number of hydrogen-bond acceptors (Lipinski definition) is 4. The van der Waals surface area contributed by atoms with E-state index >= 15 is 0 Å². The van der Waals surface area contributed by atoms with Crippen LogP contribution in [0.5, 0.6) is 0 Å². The minimum Gasteiger partial charge on any atom is -0.352 e. The molecule has 0 aliphatic carbocycles. The first-order valence-corrected chi connectivity index (χ1v) is 11.5. The van der Waals surface area contributed by atoms with Crippen molar-refractivity contribution >= 4 is 23.1 Å². The second-order valence-corrected chi connectivity index (χ2v) is 9.13. The highest BCUT2D eigenvalue weighted by molar-refractivity contribution is 6.20. The molecule has 0 unspecified atom stereocenters. The highest BCUT2D eigenvalue weighted by atomic mass is 16.2. The summed E-state index contributed by atoms with van der Waals surface area (Å²) in [6, 6.07) is 20.2. The number of nitrogens with zero attached hydrogens (tertiary/aromatic N) is 5. The summed E-state index contributed by atoms with van der Waals surface area (Å²) in [4.78, 5) is 16.6. The van der Waals surface area contributed by atoms with Gasteiger partial charge in [-0.1, -0.05) is 36.4 Å². The van der Waals surface area contributed by atoms with Crippen molar-refractivity contribution < 1.29 is 4.79 Å². The van der Waals surface area contributed by atoms with Gasteiger partial charge < -0.3 is 4.90 Å². The maximum Gasteiger partial charge on any atom is 0.261 e. The van der Waals surface area contributed by atoms with Crippen LogP contribution >= 0.6 is 0 Å². The number of amides is 1. The summed E-state index contributed by atoms with van der Waals surface area (Å²) in [7, 11) is 0. The van der Waals surface area contributed by atoms with E-state index in [2.05, 4.69) is 28.6 Å². The van der Waals surface area contributed by atoms with E-state index in [1.807, 2.05) is 55.5 Å². The number of fused-ring (bicyclic) bond motifs is 4. The Hall–Kier alpha value is -3.41. The molecule has 1 aromatic heterocycles. The third-order valence-electron chi connectivity index (χ3n) is 7.43. The average molecular weight is 426 g/mol. The topological polar surface area (TPSA) is 53.7 Å². The van der Waals surface area contributed by atoms with Crippen LogP contribution in [-0.2, 0) is 11.2 Å². The van der Waals surface area contributed by atoms with Crippen molar-refractivity contribution in [3.05, 3.63) is 71.9 Å². The fraction of sp³-hybridized carbons (Fsp3) is 0.346. The molecule has 0 N–H and O–H groups in total. The van der Waals surface area contributed by atoms with Gasteiger partial charge in [-0.05, 0) is 63.8 Å². The number of carbonyl (C=O) groups is 1. The van der Waals surface area contributed by atoms with Gasteiger partial charge in [-0.25, -0.2) is 4.68 Å². The number of rotatable bonds is 2. The maximum atomic E-state index is 14.1. The summed E-state index contributed by atoms with van der Waals surface area (Å²) in [5.74, 6) is 1.25. The van der Waals surface area contributed by atoms with Crippen LogP contribution in [0.15, 0.2) is 65.8 Å². The van der Waals surface area contributed by atoms with Crippen molar-refractivity contribution in [1.82, 2.24) is 9.78 Å². The van der Waals surface area contributed by atoms with Gasteiger partial charge in [0, 0.05) is 12.1 Å². The molecule has 2 atom stereocenters. The van der Waals surface area contributed by atoms with Crippen molar-refractivity contribution in [3.8, 4) is 5.69 Å². The lowest BCUT2D eigenvalue weighted by Crippen LogP contribution is -2.61. The second kappa shape index (κ2) is 7.05. The quantitative estimate of drug-likeness (QED) is 0.607. The van der Waals surface area contributed by atoms with Gasteiger partial charge in [-0.15, -0.1) is 0 Å². The largest absolute Gasteiger partial charge is 0.352 e. The SMILES string of the molecule is CC1=NN(c2ccccc2)C(=O)[C@@]12Cc1c(C)nn(-c3ccccc3)c1N1CCCC[C@@H]12. The third-order valence-corrected chi connectivity index (χ3v) is 7.43. The molecule has 3 aliphatic rings. The van der Waals surface area contributed by atoms with Crippen LogP contribution in [0.2, 0.25) is 0 Å². The van der Waals surface area contributed by atoms with Crippen LogP contribution in [0.3, 0.4) is 0 Å². The highest BCUT2D eigenvalue weighted by Gasteiger charge is 2.60. The molecule has 1 spiro atoms. The molecule has 2 aromatic carbocycles. The van der Waals surface area contributed by atoms with E-state index in [4.69, 9.17) is 10.2 Å². The third kappa shape index (κ3) is 2.55. The first-order chi connectivity index (χ1) is 15.6. The number of aromatic nitrogens is 2. The number of hydrazone groups is 1. The van der Waals surface area contributed by atoms with Crippen molar-refractivity contribution in [2.24, 2.45) is 10.5 Å². The number of para-hydroxylation sites is 2. The fourth-order valence-corrected chi connectivity index (χ4v) is 5.85. The standard InChI is InChI=1S/C26H27N5O/c1-18-22-17-26(19(2)28-31(25(26)32)21-13-7-4-8-14-21)23-15-9-10-16-29(23)24(22)30(27-18)20-11-5-3-6-12-20/h3-8,11-14,23H,9-10,15-17H2,1-2H3/t23-,26+/m1/s1. The molecule has 6 rings (SSSR count). The van der Waals surface area contributed by atoms with Gasteiger partial charge in [-0.3, -0.25) is 4.79 Å². The van der Waals surface area contributed by atoms with Crippen molar-refractivity contribution in [2.45, 2.75) is 45.6 Å². The Kier molecular flexibility index (Phi) is 4.25. The molecule has 0 saturated carbocycles. The molecule has 0 radical (unpaired) electrons. The van der Waals surface area contributed by atoms with E-state index in [0.717, 1.165) is 54.4 Å². The summed E-state index contributed by atoms with van der Waals surface area (Å²) in [5, 5.41) is 11.4. The van der Waals surface area contributed by atoms with Crippen LogP contribution in [-0.4, -0.2) is 34.0 Å². The lowest BCUT2D eigenvalue weighted by atomic mass is 9.66. The lowest BCUT2D eigenvalue weighted by Gasteiger charge is -2.50. The van der Waals surface area contributed by atoms with Crippen LogP contribution in [0.4, 0.5) is 11.5 Å². The second-order valence-electron chi connectivity index (χ2n) is 9.13. The normalized spacial score (nSPS) is 24.5. The van der Waals surface area contributed by atoms with Crippen molar-refractivity contribution in [3.63, 3.8) is 0 Å². The Morgan fingerprint density at radius 3 is 2.34 bits per heavy atom. The molecule has 3 aliphatic heterocycles. The zero-order chi connectivity index (χ0) is 21.9. The molecule has 6 nitrogen and oxygen atoms in total. The summed E-state index contributed by atoms with van der Waals surface area (Å²) in [6.07, 6.45) is 3.89. The Morgan fingerprint density at radius 2 is 1.62 bits per heavy atom. The summed E-state index contributed by atoms with van der Waals surface area (Å²) < 4.78 is 2.08. The van der Waals surface area contributed by atoms with Crippen LogP contribution < -0.4 is 9.91 Å². The van der Waals surface area contributed by atoms with E-state index in [-0.39, 0.29) is 11.9 Å². The predicted octanol–water partition coefficient (Wildman–Crippen LogP) is 4.50. The highest BCUT2D eigenvalue weighted by Crippen LogP contribution is 2.51. The van der Waals surface area contributed by atoms with Gasteiger partial charge in [-0.2, -0.15) is 15.2 Å². The zero-order valence-electron chi connectivity index (χ0n) is 18.5. The van der Waals surface area contributed by atoms with Gasteiger partial charge in [0.05, 0.1) is 28.8 Å². The summed E-state index contributed by atoms with van der Waals surface area (Å²) in [5.41, 5.74) is 4.33. The van der Waals surface area contributed by atoms with E-state index < -0.39 is 5.41 Å². The number of aryl methyl sites for hydroxylation is 1. The minimum atomic E-state index is -0.640. The molecule has 32 heavy (non-hydrogen) atoms. The molecule has 0 bridgehead atoms. The van der Waals surface area contributed by atoms with E-state index in [1.165, 1.54) is 5.56 Å². The molecule has 1 amide bonds. The molecule has 3 aromatic rings. The van der Waals surface area contributed by atoms with Crippen molar-refractivity contribution in [1.29, 1.82) is 0 Å². The summed E-state index contributed by atoms with van der Waals surface area (Å²) in [6.45, 7) is 5.04. The molecule has 6 heteroatoms. The number of piperidine rings is 1. The molecular weight excluding hydrogens is 398 g/mol. The lowest BCUT2D eigenvalue weighted by molar-refractivity contribution is -0.125. The number of hydrogen-bond donors (Lipinski definition) is 0. The number of carbonyl (C=O) groups excluding carboxylic acids is 1. The zero-order valence-corrected chi connectivity index (χ0v) is 18.5. The molecule has 4 heterocycles. The Bertz CT molecular complexity index is 1220. The fourth-order valence-electron chi connectivity index (χ4n) is 5.85. The predicted molar refractivity (Wildman–Crippen MR) is 126 cm³/mol. The smallest absolute Gasteiger partial charge is 0.261 e. The van der Waals surface area contributed by atoms with Gasteiger partial charge in [0.2, 0.25) is 0 Å². The Labute approximate surface area is 188 Å². The minimum absolute atomic E-state index is 0.0901. The van der Waals surface area contributed by atoms with Gasteiger partial charge in [0.1, 0.15) is 11.2 Å². The van der Waals surface area contributed by atoms with E-state index in [0.29, 0.717) is 6.42 Å². The van der Waals surface area contributed by atoms with E-state index in [1.54, 1.807) is 5.01 Å². The average Bonchev–Trinajstić information content (AvgIpc) is 3.30. The first-order valence-electron chi connectivity index (χ1n) is 11.5. The van der Waals surface area contributed by atoms with Gasteiger partial charge >= 0.3 is 0 Å². The van der Waals surface area contributed by atoms with Gasteiger partial charge in [0.15, 0.2) is 0 Å². The molecule has 162 valence electrons. The molecular formula is C26H27N5O. The Morgan fingerprint density at radius 1 is 0.938 bits per heavy atom. The summed E-state index contributed by atoms with van der Waals surface area (Å²) >= 11 is 0.